The maximum absolute atomic E-state index is 11.8. The molecule has 0 saturated heterocycles. The van der Waals surface area contributed by atoms with Crippen LogP contribution in [0.2, 0.25) is 0 Å². The van der Waals surface area contributed by atoms with Crippen LogP contribution >= 0.6 is 0 Å². The van der Waals surface area contributed by atoms with E-state index in [9.17, 15) is 9.59 Å². The van der Waals surface area contributed by atoms with Crippen molar-refractivity contribution in [2.75, 3.05) is 24.3 Å². The third-order valence-electron chi connectivity index (χ3n) is 2.91. The predicted molar refractivity (Wildman–Crippen MR) is 87.4 cm³/mol. The van der Waals surface area contributed by atoms with E-state index >= 15 is 0 Å². The van der Waals surface area contributed by atoms with E-state index in [2.05, 4.69) is 5.32 Å². The van der Waals surface area contributed by atoms with Crippen LogP contribution in [0.15, 0.2) is 48.5 Å². The molecule has 120 valence electrons. The number of nitrogens with one attached hydrogen (secondary N) is 1. The van der Waals surface area contributed by atoms with Gasteiger partial charge in [0, 0.05) is 17.4 Å². The lowest BCUT2D eigenvalue weighted by molar-refractivity contribution is -0.118. The number of esters is 1. The standard InChI is InChI=1S/C17H18N2O4/c1-2-22-17(21)12-6-8-14(9-7-12)19-16(20)11-23-15-5-3-4-13(18)10-15/h3-10H,2,11,18H2,1H3,(H,19,20). The number of carbonyl (C=O) groups is 2. The molecule has 1 amide bonds. The number of ether oxygens (including phenoxy) is 2. The predicted octanol–water partition coefficient (Wildman–Crippen LogP) is 2.46. The van der Waals surface area contributed by atoms with Crippen molar-refractivity contribution in [1.29, 1.82) is 0 Å². The number of amides is 1. The zero-order chi connectivity index (χ0) is 16.7. The van der Waals surface area contributed by atoms with Crippen LogP contribution in [0.4, 0.5) is 11.4 Å². The van der Waals surface area contributed by atoms with E-state index in [1.807, 2.05) is 0 Å². The van der Waals surface area contributed by atoms with E-state index in [-0.39, 0.29) is 12.5 Å². The number of anilines is 2. The fraction of sp³-hybridized carbons (Fsp3) is 0.176. The number of carbonyl (C=O) groups excluding carboxylic acids is 2. The lowest BCUT2D eigenvalue weighted by atomic mass is 10.2. The number of nitrogens with two attached hydrogens (primary N) is 1. The van der Waals surface area contributed by atoms with Crippen molar-refractivity contribution in [2.45, 2.75) is 6.92 Å². The highest BCUT2D eigenvalue weighted by Crippen LogP contribution is 2.15. The molecule has 0 radical (unpaired) electrons. The van der Waals surface area contributed by atoms with Crippen LogP contribution in [0.1, 0.15) is 17.3 Å². The van der Waals surface area contributed by atoms with Gasteiger partial charge < -0.3 is 20.5 Å². The normalized spacial score (nSPS) is 9.96. The van der Waals surface area contributed by atoms with Crippen LogP contribution in [0.25, 0.3) is 0 Å². The molecule has 0 bridgehead atoms. The van der Waals surface area contributed by atoms with Gasteiger partial charge in [0.2, 0.25) is 0 Å². The molecule has 6 heteroatoms. The second kappa shape index (κ2) is 7.84. The number of rotatable bonds is 6. The minimum absolute atomic E-state index is 0.136. The fourth-order valence-electron chi connectivity index (χ4n) is 1.85. The van der Waals surface area contributed by atoms with Gasteiger partial charge in [0.15, 0.2) is 6.61 Å². The summed E-state index contributed by atoms with van der Waals surface area (Å²) >= 11 is 0. The zero-order valence-corrected chi connectivity index (χ0v) is 12.7. The lowest BCUT2D eigenvalue weighted by Gasteiger charge is -2.08. The van der Waals surface area contributed by atoms with Crippen molar-refractivity contribution >= 4 is 23.3 Å². The molecule has 0 aliphatic carbocycles. The van der Waals surface area contributed by atoms with E-state index < -0.39 is 5.97 Å². The Morgan fingerprint density at radius 2 is 1.87 bits per heavy atom. The maximum atomic E-state index is 11.8. The first kappa shape index (κ1) is 16.4. The average Bonchev–Trinajstić information content (AvgIpc) is 2.54. The molecule has 0 aromatic heterocycles. The first-order valence-corrected chi connectivity index (χ1v) is 7.14. The second-order valence-corrected chi connectivity index (χ2v) is 4.71. The zero-order valence-electron chi connectivity index (χ0n) is 12.7. The fourth-order valence-corrected chi connectivity index (χ4v) is 1.85. The average molecular weight is 314 g/mol. The van der Waals surface area contributed by atoms with Gasteiger partial charge in [-0.05, 0) is 43.3 Å². The Balaban J connectivity index is 1.86. The first-order chi connectivity index (χ1) is 11.1. The van der Waals surface area contributed by atoms with Crippen LogP contribution in [-0.2, 0) is 9.53 Å². The van der Waals surface area contributed by atoms with Crippen molar-refractivity contribution in [3.05, 3.63) is 54.1 Å². The van der Waals surface area contributed by atoms with Gasteiger partial charge in [0.25, 0.3) is 5.91 Å². The Morgan fingerprint density at radius 3 is 2.52 bits per heavy atom. The van der Waals surface area contributed by atoms with Gasteiger partial charge in [-0.15, -0.1) is 0 Å². The molecule has 6 nitrogen and oxygen atoms in total. The first-order valence-electron chi connectivity index (χ1n) is 7.14. The number of nitrogen functional groups attached to an aromatic ring is 1. The van der Waals surface area contributed by atoms with Crippen molar-refractivity contribution in [3.8, 4) is 5.75 Å². The Labute approximate surface area is 134 Å². The molecule has 0 aliphatic rings. The molecule has 23 heavy (non-hydrogen) atoms. The summed E-state index contributed by atoms with van der Waals surface area (Å²) in [6, 6.07) is 13.3. The molecular weight excluding hydrogens is 296 g/mol. The highest BCUT2D eigenvalue weighted by Gasteiger charge is 2.07. The van der Waals surface area contributed by atoms with E-state index in [1.54, 1.807) is 55.5 Å². The summed E-state index contributed by atoms with van der Waals surface area (Å²) < 4.78 is 10.2. The highest BCUT2D eigenvalue weighted by atomic mass is 16.5. The minimum Gasteiger partial charge on any atom is -0.484 e. The molecule has 0 atom stereocenters. The number of hydrogen-bond donors (Lipinski definition) is 2. The summed E-state index contributed by atoms with van der Waals surface area (Å²) in [4.78, 5) is 23.4. The monoisotopic (exact) mass is 314 g/mol. The van der Waals surface area contributed by atoms with Crippen LogP contribution in [0.3, 0.4) is 0 Å². The molecule has 2 aromatic rings. The molecule has 0 unspecified atom stereocenters. The molecule has 2 aromatic carbocycles. The lowest BCUT2D eigenvalue weighted by Crippen LogP contribution is -2.20. The molecule has 0 heterocycles. The van der Waals surface area contributed by atoms with E-state index in [0.717, 1.165) is 0 Å². The van der Waals surface area contributed by atoms with Gasteiger partial charge in [-0.1, -0.05) is 6.07 Å². The second-order valence-electron chi connectivity index (χ2n) is 4.71. The van der Waals surface area contributed by atoms with Crippen molar-refractivity contribution in [1.82, 2.24) is 0 Å². The van der Waals surface area contributed by atoms with Gasteiger partial charge in [-0.25, -0.2) is 4.79 Å². The molecule has 2 rings (SSSR count). The van der Waals surface area contributed by atoms with Gasteiger partial charge in [-0.2, -0.15) is 0 Å². The topological polar surface area (TPSA) is 90.6 Å². The quantitative estimate of drug-likeness (QED) is 0.631. The van der Waals surface area contributed by atoms with Gasteiger partial charge >= 0.3 is 5.97 Å². The van der Waals surface area contributed by atoms with E-state index in [0.29, 0.717) is 29.3 Å². The highest BCUT2D eigenvalue weighted by molar-refractivity contribution is 5.93. The molecule has 0 fully saturated rings. The van der Waals surface area contributed by atoms with Crippen LogP contribution in [0.5, 0.6) is 5.75 Å². The van der Waals surface area contributed by atoms with Crippen LogP contribution in [0, 0.1) is 0 Å². The van der Waals surface area contributed by atoms with Crippen molar-refractivity contribution < 1.29 is 19.1 Å². The van der Waals surface area contributed by atoms with E-state index in [1.165, 1.54) is 0 Å². The Kier molecular flexibility index (Phi) is 5.57. The summed E-state index contributed by atoms with van der Waals surface area (Å²) in [6.07, 6.45) is 0. The van der Waals surface area contributed by atoms with Gasteiger partial charge in [0.05, 0.1) is 12.2 Å². The molecule has 0 spiro atoms. The molecule has 0 saturated carbocycles. The Hall–Kier alpha value is -3.02. The van der Waals surface area contributed by atoms with Crippen LogP contribution < -0.4 is 15.8 Å². The summed E-state index contributed by atoms with van der Waals surface area (Å²) in [5.41, 5.74) is 7.20. The molecule has 3 N–H and O–H groups in total. The van der Waals surface area contributed by atoms with Gasteiger partial charge in [0.1, 0.15) is 5.75 Å². The van der Waals surface area contributed by atoms with Gasteiger partial charge in [-0.3, -0.25) is 4.79 Å². The summed E-state index contributed by atoms with van der Waals surface area (Å²) in [6.45, 7) is 1.93. The number of benzene rings is 2. The smallest absolute Gasteiger partial charge is 0.338 e. The SMILES string of the molecule is CCOC(=O)c1ccc(NC(=O)COc2cccc(N)c2)cc1. The summed E-state index contributed by atoms with van der Waals surface area (Å²) in [7, 11) is 0. The largest absolute Gasteiger partial charge is 0.484 e. The summed E-state index contributed by atoms with van der Waals surface area (Å²) in [5, 5.41) is 2.68. The van der Waals surface area contributed by atoms with Crippen molar-refractivity contribution in [2.24, 2.45) is 0 Å². The maximum Gasteiger partial charge on any atom is 0.338 e. The third kappa shape index (κ3) is 5.03. The third-order valence-corrected chi connectivity index (χ3v) is 2.91. The number of hydrogen-bond acceptors (Lipinski definition) is 5. The van der Waals surface area contributed by atoms with Crippen LogP contribution in [-0.4, -0.2) is 25.1 Å². The minimum atomic E-state index is -0.393. The Bertz CT molecular complexity index is 683. The molecule has 0 aliphatic heterocycles. The summed E-state index contributed by atoms with van der Waals surface area (Å²) in [5.74, 6) is -0.176. The molecular formula is C17H18N2O4. The van der Waals surface area contributed by atoms with Crippen molar-refractivity contribution in [3.63, 3.8) is 0 Å². The van der Waals surface area contributed by atoms with E-state index in [4.69, 9.17) is 15.2 Å². The Morgan fingerprint density at radius 1 is 1.13 bits per heavy atom.